The van der Waals surface area contributed by atoms with Gasteiger partial charge < -0.3 is 10.4 Å². The Morgan fingerprint density at radius 3 is 3.18 bits per heavy atom. The largest absolute Gasteiger partial charge is 0.388 e. The van der Waals surface area contributed by atoms with Crippen LogP contribution in [0.5, 0.6) is 0 Å². The van der Waals surface area contributed by atoms with Gasteiger partial charge in [-0.15, -0.1) is 5.10 Å². The second kappa shape index (κ2) is 5.04. The van der Waals surface area contributed by atoms with Crippen LogP contribution in [0.2, 0.25) is 0 Å². The Morgan fingerprint density at radius 2 is 2.47 bits per heavy atom. The van der Waals surface area contributed by atoms with Crippen LogP contribution >= 0.6 is 0 Å². The first-order valence-corrected chi connectivity index (χ1v) is 6.48. The molecule has 0 bridgehead atoms. The van der Waals surface area contributed by atoms with Crippen molar-refractivity contribution in [3.8, 4) is 0 Å². The van der Waals surface area contributed by atoms with Crippen LogP contribution in [0.25, 0.3) is 0 Å². The van der Waals surface area contributed by atoms with Crippen molar-refractivity contribution in [1.82, 2.24) is 15.0 Å². The molecule has 1 aliphatic rings. The molecule has 17 heavy (non-hydrogen) atoms. The minimum absolute atomic E-state index is 0.569. The van der Waals surface area contributed by atoms with Gasteiger partial charge in [0.25, 0.3) is 0 Å². The predicted molar refractivity (Wildman–Crippen MR) is 66.8 cm³/mol. The zero-order valence-corrected chi connectivity index (χ0v) is 10.7. The van der Waals surface area contributed by atoms with Gasteiger partial charge in [0.1, 0.15) is 5.82 Å². The molecule has 5 nitrogen and oxygen atoms in total. The summed E-state index contributed by atoms with van der Waals surface area (Å²) >= 11 is 0. The summed E-state index contributed by atoms with van der Waals surface area (Å²) in [6.07, 6.45) is 5.83. The highest BCUT2D eigenvalue weighted by Crippen LogP contribution is 2.32. The Labute approximate surface area is 102 Å². The van der Waals surface area contributed by atoms with E-state index < -0.39 is 5.60 Å². The Morgan fingerprint density at radius 1 is 1.65 bits per heavy atom. The lowest BCUT2D eigenvalue weighted by atomic mass is 9.79. The third-order valence-corrected chi connectivity index (χ3v) is 3.58. The molecule has 0 saturated heterocycles. The lowest BCUT2D eigenvalue weighted by Crippen LogP contribution is -2.41. The second-order valence-electron chi connectivity index (χ2n) is 5.21. The van der Waals surface area contributed by atoms with Crippen molar-refractivity contribution in [1.29, 1.82) is 0 Å². The molecule has 2 rings (SSSR count). The highest BCUT2D eigenvalue weighted by molar-refractivity contribution is 5.31. The predicted octanol–water partition coefficient (Wildman–Crippen LogP) is 1.65. The van der Waals surface area contributed by atoms with Crippen molar-refractivity contribution < 1.29 is 5.11 Å². The first-order chi connectivity index (χ1) is 8.13. The van der Waals surface area contributed by atoms with E-state index in [0.29, 0.717) is 12.5 Å². The summed E-state index contributed by atoms with van der Waals surface area (Å²) in [6.45, 7) is 5.61. The van der Waals surface area contributed by atoms with Crippen LogP contribution in [0.3, 0.4) is 0 Å². The average molecular weight is 238 g/mol. The van der Waals surface area contributed by atoms with Crippen molar-refractivity contribution in [3.05, 3.63) is 6.20 Å². The van der Waals surface area contributed by atoms with Gasteiger partial charge in [-0.2, -0.15) is 0 Å². The summed E-state index contributed by atoms with van der Waals surface area (Å²) in [4.78, 5) is 0. The van der Waals surface area contributed by atoms with Gasteiger partial charge in [-0.3, -0.25) is 0 Å². The van der Waals surface area contributed by atoms with Crippen LogP contribution in [-0.4, -0.2) is 32.2 Å². The summed E-state index contributed by atoms with van der Waals surface area (Å²) in [5.41, 5.74) is -0.569. The summed E-state index contributed by atoms with van der Waals surface area (Å²) in [7, 11) is 0. The molecule has 2 unspecified atom stereocenters. The van der Waals surface area contributed by atoms with Crippen molar-refractivity contribution >= 4 is 5.82 Å². The number of nitrogens with zero attached hydrogens (tertiary/aromatic N) is 3. The van der Waals surface area contributed by atoms with Crippen LogP contribution in [0, 0.1) is 5.92 Å². The van der Waals surface area contributed by atoms with Gasteiger partial charge in [0.05, 0.1) is 11.8 Å². The molecule has 1 aromatic rings. The minimum Gasteiger partial charge on any atom is -0.388 e. The van der Waals surface area contributed by atoms with Gasteiger partial charge in [-0.25, -0.2) is 4.68 Å². The van der Waals surface area contributed by atoms with E-state index in [1.807, 2.05) is 6.92 Å². The van der Waals surface area contributed by atoms with Crippen molar-refractivity contribution in [2.45, 2.75) is 51.7 Å². The van der Waals surface area contributed by atoms with Gasteiger partial charge in [0, 0.05) is 13.1 Å². The van der Waals surface area contributed by atoms with Gasteiger partial charge in [-0.1, -0.05) is 25.0 Å². The van der Waals surface area contributed by atoms with Gasteiger partial charge in [-0.05, 0) is 25.7 Å². The second-order valence-corrected chi connectivity index (χ2v) is 5.21. The molecule has 96 valence electrons. The third-order valence-electron chi connectivity index (χ3n) is 3.58. The van der Waals surface area contributed by atoms with Crippen LogP contribution in [0.15, 0.2) is 6.20 Å². The van der Waals surface area contributed by atoms with Gasteiger partial charge in [0.2, 0.25) is 0 Å². The molecule has 1 aliphatic carbocycles. The molecule has 1 aromatic heterocycles. The molecule has 0 spiro atoms. The van der Waals surface area contributed by atoms with Gasteiger partial charge >= 0.3 is 0 Å². The maximum Gasteiger partial charge on any atom is 0.144 e. The van der Waals surface area contributed by atoms with E-state index in [1.165, 1.54) is 6.42 Å². The number of aliphatic hydroxyl groups is 1. The standard InChI is InChI=1S/C12H22N4O/c1-3-16-11(8-14-15-16)13-9-12(17)6-4-5-10(2)7-12/h8,10,13,17H,3-7,9H2,1-2H3. The zero-order valence-electron chi connectivity index (χ0n) is 10.7. The summed E-state index contributed by atoms with van der Waals surface area (Å²) in [5.74, 6) is 1.50. The Bertz CT molecular complexity index is 365. The molecule has 2 atom stereocenters. The minimum atomic E-state index is -0.569. The molecular weight excluding hydrogens is 216 g/mol. The van der Waals surface area contributed by atoms with E-state index in [-0.39, 0.29) is 0 Å². The molecule has 2 N–H and O–H groups in total. The number of aryl methyl sites for hydroxylation is 1. The van der Waals surface area contributed by atoms with E-state index in [9.17, 15) is 5.11 Å². The number of anilines is 1. The van der Waals surface area contributed by atoms with E-state index in [2.05, 4.69) is 22.6 Å². The van der Waals surface area contributed by atoms with E-state index in [1.54, 1.807) is 10.9 Å². The first kappa shape index (κ1) is 12.4. The SMILES string of the molecule is CCn1nncc1NCC1(O)CCCC(C)C1. The van der Waals surface area contributed by atoms with Crippen molar-refractivity contribution in [2.75, 3.05) is 11.9 Å². The number of aromatic nitrogens is 3. The maximum absolute atomic E-state index is 10.5. The molecular formula is C12H22N4O. The van der Waals surface area contributed by atoms with E-state index in [0.717, 1.165) is 31.6 Å². The molecule has 1 heterocycles. The van der Waals surface area contributed by atoms with Gasteiger partial charge in [0.15, 0.2) is 0 Å². The number of nitrogens with one attached hydrogen (secondary N) is 1. The maximum atomic E-state index is 10.5. The van der Waals surface area contributed by atoms with E-state index in [4.69, 9.17) is 0 Å². The summed E-state index contributed by atoms with van der Waals surface area (Å²) < 4.78 is 1.80. The summed E-state index contributed by atoms with van der Waals surface area (Å²) in [6, 6.07) is 0. The fraction of sp³-hybridized carbons (Fsp3) is 0.833. The highest BCUT2D eigenvalue weighted by atomic mass is 16.3. The Hall–Kier alpha value is -1.10. The van der Waals surface area contributed by atoms with Crippen LogP contribution in [0.4, 0.5) is 5.82 Å². The highest BCUT2D eigenvalue weighted by Gasteiger charge is 2.32. The van der Waals surface area contributed by atoms with Crippen LogP contribution < -0.4 is 5.32 Å². The van der Waals surface area contributed by atoms with Crippen molar-refractivity contribution in [2.24, 2.45) is 5.92 Å². The van der Waals surface area contributed by atoms with Crippen molar-refractivity contribution in [3.63, 3.8) is 0 Å². The average Bonchev–Trinajstić information content (AvgIpc) is 2.73. The van der Waals surface area contributed by atoms with Crippen LogP contribution in [-0.2, 0) is 6.54 Å². The lowest BCUT2D eigenvalue weighted by molar-refractivity contribution is -0.000885. The molecule has 1 saturated carbocycles. The molecule has 0 aliphatic heterocycles. The number of hydrogen-bond acceptors (Lipinski definition) is 4. The lowest BCUT2D eigenvalue weighted by Gasteiger charge is -2.35. The molecule has 0 radical (unpaired) electrons. The van der Waals surface area contributed by atoms with E-state index >= 15 is 0 Å². The topological polar surface area (TPSA) is 63.0 Å². The fourth-order valence-corrected chi connectivity index (χ4v) is 2.68. The monoisotopic (exact) mass is 238 g/mol. The zero-order chi connectivity index (χ0) is 12.3. The molecule has 0 amide bonds. The number of rotatable bonds is 4. The molecule has 5 heteroatoms. The summed E-state index contributed by atoms with van der Waals surface area (Å²) in [5, 5.41) is 21.6. The third kappa shape index (κ3) is 2.97. The van der Waals surface area contributed by atoms with Crippen LogP contribution in [0.1, 0.15) is 39.5 Å². The normalized spacial score (nSPS) is 29.2. The fourth-order valence-electron chi connectivity index (χ4n) is 2.68. The quantitative estimate of drug-likeness (QED) is 0.837. The molecule has 1 fully saturated rings. The molecule has 0 aromatic carbocycles. The Kier molecular flexibility index (Phi) is 3.66. The first-order valence-electron chi connectivity index (χ1n) is 6.48. The Balaban J connectivity index is 1.93. The number of hydrogen-bond donors (Lipinski definition) is 2. The smallest absolute Gasteiger partial charge is 0.144 e.